The van der Waals surface area contributed by atoms with Gasteiger partial charge in [0.2, 0.25) is 0 Å². The fourth-order valence-corrected chi connectivity index (χ4v) is 1.78. The van der Waals surface area contributed by atoms with Gasteiger partial charge in [0.25, 0.3) is 0 Å². The summed E-state index contributed by atoms with van der Waals surface area (Å²) >= 11 is 1.40. The van der Waals surface area contributed by atoms with Crippen LogP contribution < -0.4 is 4.74 Å². The summed E-state index contributed by atoms with van der Waals surface area (Å²) < 4.78 is 19.0. The van der Waals surface area contributed by atoms with Gasteiger partial charge in [0, 0.05) is 4.90 Å². The van der Waals surface area contributed by atoms with Gasteiger partial charge in [-0.25, -0.2) is 4.39 Å². The van der Waals surface area contributed by atoms with Gasteiger partial charge in [0.1, 0.15) is 0 Å². The number of halogens is 1. The largest absolute Gasteiger partial charge is 0.488 e. The summed E-state index contributed by atoms with van der Waals surface area (Å²) in [4.78, 5) is 0.639. The van der Waals surface area contributed by atoms with Crippen LogP contribution in [0.2, 0.25) is 0 Å². The zero-order valence-corrected chi connectivity index (χ0v) is 9.74. The summed E-state index contributed by atoms with van der Waals surface area (Å²) in [6.07, 6.45) is 1.86. The molecule has 0 aliphatic carbocycles. The van der Waals surface area contributed by atoms with Gasteiger partial charge in [-0.2, -0.15) is 0 Å². The van der Waals surface area contributed by atoms with E-state index in [0.717, 1.165) is 5.56 Å². The van der Waals surface area contributed by atoms with Gasteiger partial charge in [-0.05, 0) is 44.7 Å². The molecule has 0 radical (unpaired) electrons. The van der Waals surface area contributed by atoms with Crippen molar-refractivity contribution < 1.29 is 9.13 Å². The SMILES string of the molecule is CSc1cc(C)cc(OC(C)C)c1F. The minimum Gasteiger partial charge on any atom is -0.488 e. The molecule has 1 aromatic rings. The Morgan fingerprint density at radius 3 is 2.50 bits per heavy atom. The predicted molar refractivity (Wildman–Crippen MR) is 58.7 cm³/mol. The molecule has 14 heavy (non-hydrogen) atoms. The van der Waals surface area contributed by atoms with Crippen LogP contribution in [0.4, 0.5) is 4.39 Å². The number of rotatable bonds is 3. The number of hydrogen-bond donors (Lipinski definition) is 0. The maximum Gasteiger partial charge on any atom is 0.178 e. The minimum absolute atomic E-state index is 0.000932. The molecule has 0 aliphatic heterocycles. The van der Waals surface area contributed by atoms with Crippen LogP contribution in [-0.4, -0.2) is 12.4 Å². The second kappa shape index (κ2) is 4.69. The highest BCUT2D eigenvalue weighted by atomic mass is 32.2. The molecule has 0 saturated carbocycles. The molecule has 1 rings (SSSR count). The van der Waals surface area contributed by atoms with E-state index in [-0.39, 0.29) is 11.9 Å². The van der Waals surface area contributed by atoms with E-state index in [1.54, 1.807) is 6.07 Å². The van der Waals surface area contributed by atoms with Crippen LogP contribution in [0.25, 0.3) is 0 Å². The predicted octanol–water partition coefficient (Wildman–Crippen LogP) is 3.64. The lowest BCUT2D eigenvalue weighted by atomic mass is 10.2. The number of thioether (sulfide) groups is 1. The van der Waals surface area contributed by atoms with E-state index in [1.807, 2.05) is 33.1 Å². The van der Waals surface area contributed by atoms with E-state index in [1.165, 1.54) is 11.8 Å². The van der Waals surface area contributed by atoms with Crippen molar-refractivity contribution in [3.8, 4) is 5.75 Å². The Labute approximate surface area is 88.7 Å². The second-order valence-electron chi connectivity index (χ2n) is 3.45. The maximum absolute atomic E-state index is 13.7. The van der Waals surface area contributed by atoms with Gasteiger partial charge in [-0.3, -0.25) is 0 Å². The smallest absolute Gasteiger partial charge is 0.178 e. The third-order valence-electron chi connectivity index (χ3n) is 1.73. The Balaban J connectivity index is 3.08. The van der Waals surface area contributed by atoms with Crippen LogP contribution in [0.15, 0.2) is 17.0 Å². The first-order valence-electron chi connectivity index (χ1n) is 4.55. The lowest BCUT2D eigenvalue weighted by Crippen LogP contribution is -2.07. The standard InChI is InChI=1S/C11H15FOS/c1-7(2)13-9-5-8(3)6-10(14-4)11(9)12/h5-7H,1-4H3. The molecule has 0 amide bonds. The molecule has 1 nitrogen and oxygen atoms in total. The van der Waals surface area contributed by atoms with Crippen molar-refractivity contribution in [1.82, 2.24) is 0 Å². The van der Waals surface area contributed by atoms with Crippen LogP contribution in [0.3, 0.4) is 0 Å². The summed E-state index contributed by atoms with van der Waals surface area (Å²) in [6.45, 7) is 5.72. The lowest BCUT2D eigenvalue weighted by Gasteiger charge is -2.13. The molecule has 0 aliphatic rings. The molecule has 0 heterocycles. The third kappa shape index (κ3) is 2.64. The van der Waals surface area contributed by atoms with Crippen molar-refractivity contribution >= 4 is 11.8 Å². The average Bonchev–Trinajstić information content (AvgIpc) is 2.09. The van der Waals surface area contributed by atoms with Crippen molar-refractivity contribution in [3.63, 3.8) is 0 Å². The van der Waals surface area contributed by atoms with E-state index >= 15 is 0 Å². The Morgan fingerprint density at radius 2 is 2.00 bits per heavy atom. The monoisotopic (exact) mass is 214 g/mol. The first kappa shape index (κ1) is 11.4. The van der Waals surface area contributed by atoms with Gasteiger partial charge in [-0.1, -0.05) is 0 Å². The highest BCUT2D eigenvalue weighted by Crippen LogP contribution is 2.29. The molecule has 3 heteroatoms. The van der Waals surface area contributed by atoms with Gasteiger partial charge in [0.15, 0.2) is 11.6 Å². The van der Waals surface area contributed by atoms with E-state index in [0.29, 0.717) is 10.6 Å². The van der Waals surface area contributed by atoms with Crippen molar-refractivity contribution in [2.75, 3.05) is 6.26 Å². The normalized spacial score (nSPS) is 10.7. The zero-order chi connectivity index (χ0) is 10.7. The zero-order valence-electron chi connectivity index (χ0n) is 8.93. The fraction of sp³-hybridized carbons (Fsp3) is 0.455. The number of benzene rings is 1. The van der Waals surface area contributed by atoms with Crippen LogP contribution >= 0.6 is 11.8 Å². The number of ether oxygens (including phenoxy) is 1. The molecule has 1 aromatic carbocycles. The molecule has 0 atom stereocenters. The minimum atomic E-state index is -0.253. The van der Waals surface area contributed by atoms with E-state index in [2.05, 4.69) is 0 Å². The summed E-state index contributed by atoms with van der Waals surface area (Å²) in [7, 11) is 0. The van der Waals surface area contributed by atoms with Crippen LogP contribution in [-0.2, 0) is 0 Å². The fourth-order valence-electron chi connectivity index (χ4n) is 1.19. The quantitative estimate of drug-likeness (QED) is 0.710. The third-order valence-corrected chi connectivity index (χ3v) is 2.47. The van der Waals surface area contributed by atoms with Gasteiger partial charge < -0.3 is 4.74 Å². The van der Waals surface area contributed by atoms with E-state index < -0.39 is 0 Å². The first-order chi connectivity index (χ1) is 6.54. The lowest BCUT2D eigenvalue weighted by molar-refractivity contribution is 0.229. The van der Waals surface area contributed by atoms with Crippen LogP contribution in [0, 0.1) is 12.7 Å². The van der Waals surface area contributed by atoms with Crippen LogP contribution in [0.5, 0.6) is 5.75 Å². The van der Waals surface area contributed by atoms with Gasteiger partial charge >= 0.3 is 0 Å². The second-order valence-corrected chi connectivity index (χ2v) is 4.29. The van der Waals surface area contributed by atoms with Crippen molar-refractivity contribution in [2.45, 2.75) is 31.8 Å². The molecule has 78 valence electrons. The number of aryl methyl sites for hydroxylation is 1. The molecular weight excluding hydrogens is 199 g/mol. The summed E-state index contributed by atoms with van der Waals surface area (Å²) in [5, 5.41) is 0. The van der Waals surface area contributed by atoms with Crippen molar-refractivity contribution in [1.29, 1.82) is 0 Å². The Morgan fingerprint density at radius 1 is 1.36 bits per heavy atom. The molecule has 0 saturated heterocycles. The molecule has 0 unspecified atom stereocenters. The highest BCUT2D eigenvalue weighted by Gasteiger charge is 2.11. The van der Waals surface area contributed by atoms with Crippen molar-refractivity contribution in [3.05, 3.63) is 23.5 Å². The summed E-state index contributed by atoms with van der Waals surface area (Å²) in [6, 6.07) is 3.56. The molecule has 0 aromatic heterocycles. The maximum atomic E-state index is 13.7. The van der Waals surface area contributed by atoms with E-state index in [9.17, 15) is 4.39 Å². The topological polar surface area (TPSA) is 9.23 Å². The summed E-state index contributed by atoms with van der Waals surface area (Å²) in [5.41, 5.74) is 1.02. The van der Waals surface area contributed by atoms with Crippen molar-refractivity contribution in [2.24, 2.45) is 0 Å². The van der Waals surface area contributed by atoms with E-state index in [4.69, 9.17) is 4.74 Å². The Hall–Kier alpha value is -0.700. The van der Waals surface area contributed by atoms with Crippen LogP contribution in [0.1, 0.15) is 19.4 Å². The molecule has 0 fully saturated rings. The summed E-state index contributed by atoms with van der Waals surface area (Å²) in [5.74, 6) is 0.0983. The molecular formula is C11H15FOS. The average molecular weight is 214 g/mol. The number of hydrogen-bond acceptors (Lipinski definition) is 2. The molecule has 0 spiro atoms. The van der Waals surface area contributed by atoms with Gasteiger partial charge in [0.05, 0.1) is 6.10 Å². The Bertz CT molecular complexity index is 323. The first-order valence-corrected chi connectivity index (χ1v) is 5.78. The molecule has 0 N–H and O–H groups in total. The Kier molecular flexibility index (Phi) is 3.81. The highest BCUT2D eigenvalue weighted by molar-refractivity contribution is 7.98. The van der Waals surface area contributed by atoms with Gasteiger partial charge in [-0.15, -0.1) is 11.8 Å². The molecule has 0 bridgehead atoms.